The van der Waals surface area contributed by atoms with Crippen LogP contribution in [0.3, 0.4) is 0 Å². The number of halogens is 1. The molecule has 0 aromatic heterocycles. The number of nitro benzene ring substituents is 1. The molecule has 7 heteroatoms. The summed E-state index contributed by atoms with van der Waals surface area (Å²) in [4.78, 5) is 22.3. The van der Waals surface area contributed by atoms with E-state index in [9.17, 15) is 14.9 Å². The number of nitrogens with zero attached hydrogens (tertiary/aromatic N) is 1. The molecule has 1 amide bonds. The molecule has 6 nitrogen and oxygen atoms in total. The van der Waals surface area contributed by atoms with E-state index in [1.165, 1.54) is 18.9 Å². The van der Waals surface area contributed by atoms with Crippen molar-refractivity contribution in [3.05, 3.63) is 39.4 Å². The van der Waals surface area contributed by atoms with Crippen molar-refractivity contribution in [2.75, 3.05) is 13.1 Å². The second-order valence-corrected chi connectivity index (χ2v) is 5.67. The molecule has 1 fully saturated rings. The van der Waals surface area contributed by atoms with Gasteiger partial charge in [0.25, 0.3) is 5.69 Å². The molecule has 0 heterocycles. The first-order valence-corrected chi connectivity index (χ1v) is 7.22. The minimum Gasteiger partial charge on any atom is -0.348 e. The fraction of sp³-hybridized carbons (Fsp3) is 0.533. The van der Waals surface area contributed by atoms with Gasteiger partial charge in [-0.25, -0.2) is 0 Å². The van der Waals surface area contributed by atoms with Crippen LogP contribution in [0.2, 0.25) is 0 Å². The first-order chi connectivity index (χ1) is 9.97. The molecule has 22 heavy (non-hydrogen) atoms. The maximum absolute atomic E-state index is 11.8. The average Bonchev–Trinajstić information content (AvgIpc) is 3.22. The minimum atomic E-state index is -0.398. The standard InChI is InChI=1S/C15H21N3O3.ClH/c1-10-3-6-13(7-14(10)18(20)21)11(2)17-15(19)9-16-8-12-4-5-12;/h3,6-7,11-12,16H,4-5,8-9H2,1-2H3,(H,17,19);1H. The number of hydrogen-bond acceptors (Lipinski definition) is 4. The molecular formula is C15H22ClN3O3. The molecule has 122 valence electrons. The van der Waals surface area contributed by atoms with Gasteiger partial charge in [-0.15, -0.1) is 12.4 Å². The molecular weight excluding hydrogens is 306 g/mol. The second-order valence-electron chi connectivity index (χ2n) is 5.67. The smallest absolute Gasteiger partial charge is 0.272 e. The number of hydrogen-bond donors (Lipinski definition) is 2. The van der Waals surface area contributed by atoms with Gasteiger partial charge in [-0.3, -0.25) is 14.9 Å². The zero-order chi connectivity index (χ0) is 15.4. The molecule has 0 aliphatic heterocycles. The van der Waals surface area contributed by atoms with Crippen LogP contribution < -0.4 is 10.6 Å². The van der Waals surface area contributed by atoms with E-state index in [1.54, 1.807) is 13.0 Å². The van der Waals surface area contributed by atoms with Crippen molar-refractivity contribution >= 4 is 24.0 Å². The van der Waals surface area contributed by atoms with E-state index in [0.29, 0.717) is 5.56 Å². The van der Waals surface area contributed by atoms with Crippen LogP contribution in [0.15, 0.2) is 18.2 Å². The van der Waals surface area contributed by atoms with Crippen LogP contribution in [0.25, 0.3) is 0 Å². The summed E-state index contributed by atoms with van der Waals surface area (Å²) < 4.78 is 0. The van der Waals surface area contributed by atoms with Crippen molar-refractivity contribution < 1.29 is 9.72 Å². The highest BCUT2D eigenvalue weighted by atomic mass is 35.5. The Morgan fingerprint density at radius 3 is 2.73 bits per heavy atom. The molecule has 1 aromatic carbocycles. The third kappa shape index (κ3) is 5.27. The minimum absolute atomic E-state index is 0. The average molecular weight is 328 g/mol. The number of carbonyl (C=O) groups is 1. The summed E-state index contributed by atoms with van der Waals surface area (Å²) in [6.45, 7) is 4.70. The number of amides is 1. The molecule has 1 unspecified atom stereocenters. The van der Waals surface area contributed by atoms with Crippen LogP contribution in [-0.2, 0) is 4.79 Å². The lowest BCUT2D eigenvalue weighted by Crippen LogP contribution is -2.36. The zero-order valence-corrected chi connectivity index (χ0v) is 13.6. The Bertz CT molecular complexity index is 547. The van der Waals surface area contributed by atoms with Gasteiger partial charge < -0.3 is 10.6 Å². The van der Waals surface area contributed by atoms with Crippen LogP contribution >= 0.6 is 12.4 Å². The van der Waals surface area contributed by atoms with Gasteiger partial charge in [-0.1, -0.05) is 12.1 Å². The highest BCUT2D eigenvalue weighted by molar-refractivity contribution is 5.85. The fourth-order valence-electron chi connectivity index (χ4n) is 2.18. The van der Waals surface area contributed by atoms with Crippen LogP contribution in [0.1, 0.15) is 36.9 Å². The highest BCUT2D eigenvalue weighted by Crippen LogP contribution is 2.27. The van der Waals surface area contributed by atoms with E-state index in [1.807, 2.05) is 13.0 Å². The molecule has 1 aromatic rings. The third-order valence-corrected chi connectivity index (χ3v) is 3.72. The van der Waals surface area contributed by atoms with Crippen molar-refractivity contribution in [3.8, 4) is 0 Å². The summed E-state index contributed by atoms with van der Waals surface area (Å²) in [6.07, 6.45) is 2.50. The number of rotatable bonds is 7. The Morgan fingerprint density at radius 1 is 1.45 bits per heavy atom. The molecule has 1 atom stereocenters. The molecule has 1 aliphatic rings. The van der Waals surface area contributed by atoms with Gasteiger partial charge in [0.2, 0.25) is 5.91 Å². The Labute approximate surface area is 136 Å². The number of nitro groups is 1. The summed E-state index contributed by atoms with van der Waals surface area (Å²) in [5, 5.41) is 16.9. The quantitative estimate of drug-likeness (QED) is 0.595. The van der Waals surface area contributed by atoms with Crippen LogP contribution in [0.4, 0.5) is 5.69 Å². The topological polar surface area (TPSA) is 84.3 Å². The largest absolute Gasteiger partial charge is 0.348 e. The fourth-order valence-corrected chi connectivity index (χ4v) is 2.18. The third-order valence-electron chi connectivity index (χ3n) is 3.72. The van der Waals surface area contributed by atoms with Crippen LogP contribution in [0.5, 0.6) is 0 Å². The maximum atomic E-state index is 11.8. The van der Waals surface area contributed by atoms with Crippen molar-refractivity contribution in [2.45, 2.75) is 32.7 Å². The monoisotopic (exact) mass is 327 g/mol. The summed E-state index contributed by atoms with van der Waals surface area (Å²) in [6, 6.07) is 4.80. The summed E-state index contributed by atoms with van der Waals surface area (Å²) >= 11 is 0. The van der Waals surface area contributed by atoms with E-state index in [0.717, 1.165) is 18.0 Å². The van der Waals surface area contributed by atoms with Gasteiger partial charge in [0.15, 0.2) is 0 Å². The number of nitrogens with one attached hydrogen (secondary N) is 2. The Kier molecular flexibility index (Phi) is 6.77. The predicted octanol–water partition coefficient (Wildman–Crippen LogP) is 2.50. The predicted molar refractivity (Wildman–Crippen MR) is 87.2 cm³/mol. The zero-order valence-electron chi connectivity index (χ0n) is 12.8. The molecule has 2 rings (SSSR count). The molecule has 1 aliphatic carbocycles. The summed E-state index contributed by atoms with van der Waals surface area (Å²) in [5.41, 5.74) is 1.44. The van der Waals surface area contributed by atoms with Gasteiger partial charge in [-0.05, 0) is 44.7 Å². The molecule has 0 spiro atoms. The van der Waals surface area contributed by atoms with Gasteiger partial charge in [-0.2, -0.15) is 0 Å². The highest BCUT2D eigenvalue weighted by Gasteiger charge is 2.21. The Balaban J connectivity index is 0.00000242. The van der Waals surface area contributed by atoms with Gasteiger partial charge in [0.05, 0.1) is 17.5 Å². The van der Waals surface area contributed by atoms with Crippen LogP contribution in [0, 0.1) is 23.0 Å². The van der Waals surface area contributed by atoms with Crippen molar-refractivity contribution in [3.63, 3.8) is 0 Å². The summed E-state index contributed by atoms with van der Waals surface area (Å²) in [5.74, 6) is 0.640. The first-order valence-electron chi connectivity index (χ1n) is 7.22. The Morgan fingerprint density at radius 2 is 2.14 bits per heavy atom. The summed E-state index contributed by atoms with van der Waals surface area (Å²) in [7, 11) is 0. The number of aryl methyl sites for hydroxylation is 1. The lowest BCUT2D eigenvalue weighted by molar-refractivity contribution is -0.385. The number of carbonyl (C=O) groups excluding carboxylic acids is 1. The van der Waals surface area contributed by atoms with E-state index >= 15 is 0 Å². The maximum Gasteiger partial charge on any atom is 0.272 e. The van der Waals surface area contributed by atoms with E-state index in [-0.39, 0.29) is 36.6 Å². The van der Waals surface area contributed by atoms with Crippen molar-refractivity contribution in [1.82, 2.24) is 10.6 Å². The molecule has 2 N–H and O–H groups in total. The lowest BCUT2D eigenvalue weighted by atomic mass is 10.0. The van der Waals surface area contributed by atoms with Gasteiger partial charge in [0, 0.05) is 11.6 Å². The number of benzene rings is 1. The molecule has 0 saturated heterocycles. The van der Waals surface area contributed by atoms with Gasteiger partial charge in [0.1, 0.15) is 0 Å². The van der Waals surface area contributed by atoms with Crippen molar-refractivity contribution in [1.29, 1.82) is 0 Å². The van der Waals surface area contributed by atoms with E-state index in [4.69, 9.17) is 0 Å². The van der Waals surface area contributed by atoms with E-state index in [2.05, 4.69) is 10.6 Å². The Hall–Kier alpha value is -1.66. The SMILES string of the molecule is Cc1ccc(C(C)NC(=O)CNCC2CC2)cc1[N+](=O)[O-].Cl. The molecule has 0 radical (unpaired) electrons. The normalized spacial score (nSPS) is 14.8. The van der Waals surface area contributed by atoms with Crippen LogP contribution in [-0.4, -0.2) is 23.9 Å². The molecule has 1 saturated carbocycles. The first kappa shape index (κ1) is 18.4. The van der Waals surface area contributed by atoms with E-state index < -0.39 is 4.92 Å². The van der Waals surface area contributed by atoms with Crippen molar-refractivity contribution in [2.24, 2.45) is 5.92 Å². The second kappa shape index (κ2) is 8.10. The lowest BCUT2D eigenvalue weighted by Gasteiger charge is -2.15. The molecule has 0 bridgehead atoms. The van der Waals surface area contributed by atoms with Gasteiger partial charge >= 0.3 is 0 Å².